The number of amides is 1. The van der Waals surface area contributed by atoms with Crippen LogP contribution >= 0.6 is 0 Å². The predicted molar refractivity (Wildman–Crippen MR) is 86.9 cm³/mol. The number of carbonyl (C=O) groups excluding carboxylic acids is 1. The second-order valence-corrected chi connectivity index (χ2v) is 6.68. The van der Waals surface area contributed by atoms with E-state index >= 15 is 0 Å². The Morgan fingerprint density at radius 2 is 2.12 bits per heavy atom. The highest BCUT2D eigenvalue weighted by Gasteiger charge is 2.40. The van der Waals surface area contributed by atoms with E-state index in [1.54, 1.807) is 6.20 Å². The molecule has 7 nitrogen and oxygen atoms in total. The second kappa shape index (κ2) is 5.99. The minimum Gasteiger partial charge on any atom is -0.382 e. The summed E-state index contributed by atoms with van der Waals surface area (Å²) >= 11 is 0. The molecule has 0 bridgehead atoms. The van der Waals surface area contributed by atoms with Crippen LogP contribution in [0, 0.1) is 0 Å². The zero-order valence-electron chi connectivity index (χ0n) is 13.5. The quantitative estimate of drug-likeness (QED) is 0.846. The zero-order valence-corrected chi connectivity index (χ0v) is 13.5. The third-order valence-electron chi connectivity index (χ3n) is 5.06. The van der Waals surface area contributed by atoms with Gasteiger partial charge in [0.2, 0.25) is 5.91 Å². The average molecular weight is 327 g/mol. The van der Waals surface area contributed by atoms with E-state index in [-0.39, 0.29) is 5.91 Å². The van der Waals surface area contributed by atoms with Gasteiger partial charge in [-0.05, 0) is 24.0 Å². The summed E-state index contributed by atoms with van der Waals surface area (Å²) < 4.78 is 0. The van der Waals surface area contributed by atoms with Crippen molar-refractivity contribution in [2.75, 3.05) is 26.2 Å². The third kappa shape index (κ3) is 2.81. The van der Waals surface area contributed by atoms with Crippen LogP contribution in [0.4, 0.5) is 0 Å². The largest absolute Gasteiger partial charge is 0.382 e. The van der Waals surface area contributed by atoms with Crippen molar-refractivity contribution >= 4 is 5.91 Å². The van der Waals surface area contributed by atoms with Crippen LogP contribution in [-0.4, -0.2) is 62.4 Å². The number of H-pyrrole nitrogens is 1. The van der Waals surface area contributed by atoms with Crippen molar-refractivity contribution in [2.45, 2.75) is 25.0 Å². The second-order valence-electron chi connectivity index (χ2n) is 6.68. The van der Waals surface area contributed by atoms with Crippen molar-refractivity contribution in [3.63, 3.8) is 0 Å². The monoisotopic (exact) mass is 327 g/mol. The standard InChI is InChI=1S/C17H21N5O2/c23-16(22-7-5-13-3-1-2-4-14(13)10-22)11-21-8-6-17(24,12-21)15-9-18-20-19-15/h1-4,9,24H,5-8,10-12H2,(H,18,19,20)/t17-/m0/s1. The fraction of sp³-hybridized carbons (Fsp3) is 0.471. The van der Waals surface area contributed by atoms with Crippen LogP contribution in [0.1, 0.15) is 23.2 Å². The molecule has 1 fully saturated rings. The number of benzene rings is 1. The van der Waals surface area contributed by atoms with Crippen LogP contribution in [-0.2, 0) is 23.4 Å². The molecule has 0 radical (unpaired) electrons. The van der Waals surface area contributed by atoms with Crippen molar-refractivity contribution in [1.29, 1.82) is 0 Å². The lowest BCUT2D eigenvalue weighted by molar-refractivity contribution is -0.133. The summed E-state index contributed by atoms with van der Waals surface area (Å²) in [6.45, 7) is 2.87. The van der Waals surface area contributed by atoms with E-state index < -0.39 is 5.60 Å². The maximum absolute atomic E-state index is 12.6. The molecule has 7 heteroatoms. The van der Waals surface area contributed by atoms with Crippen LogP contribution in [0.2, 0.25) is 0 Å². The van der Waals surface area contributed by atoms with E-state index in [1.165, 1.54) is 11.1 Å². The van der Waals surface area contributed by atoms with Crippen molar-refractivity contribution < 1.29 is 9.90 Å². The molecule has 0 unspecified atom stereocenters. The van der Waals surface area contributed by atoms with Gasteiger partial charge < -0.3 is 10.0 Å². The number of likely N-dealkylation sites (tertiary alicyclic amines) is 1. The van der Waals surface area contributed by atoms with Crippen LogP contribution in [0.3, 0.4) is 0 Å². The van der Waals surface area contributed by atoms with Crippen LogP contribution in [0.5, 0.6) is 0 Å². The number of aromatic amines is 1. The Balaban J connectivity index is 1.38. The number of hydrogen-bond acceptors (Lipinski definition) is 5. The molecule has 1 atom stereocenters. The molecular formula is C17H21N5O2. The first-order valence-electron chi connectivity index (χ1n) is 8.30. The van der Waals surface area contributed by atoms with Crippen LogP contribution in [0.15, 0.2) is 30.5 Å². The highest BCUT2D eigenvalue weighted by molar-refractivity contribution is 5.78. The number of carbonyl (C=O) groups is 1. The lowest BCUT2D eigenvalue weighted by Crippen LogP contribution is -2.43. The highest BCUT2D eigenvalue weighted by atomic mass is 16.3. The molecule has 2 aromatic rings. The van der Waals surface area contributed by atoms with E-state index in [0.29, 0.717) is 38.3 Å². The van der Waals surface area contributed by atoms with Gasteiger partial charge in [0.05, 0.1) is 12.7 Å². The van der Waals surface area contributed by atoms with Gasteiger partial charge >= 0.3 is 0 Å². The molecular weight excluding hydrogens is 306 g/mol. The van der Waals surface area contributed by atoms with E-state index in [9.17, 15) is 9.90 Å². The van der Waals surface area contributed by atoms with Crippen molar-refractivity contribution in [2.24, 2.45) is 0 Å². The fourth-order valence-corrected chi connectivity index (χ4v) is 3.64. The Morgan fingerprint density at radius 3 is 2.92 bits per heavy atom. The number of hydrogen-bond donors (Lipinski definition) is 2. The molecule has 0 saturated carbocycles. The maximum atomic E-state index is 12.6. The Morgan fingerprint density at radius 1 is 1.29 bits per heavy atom. The van der Waals surface area contributed by atoms with E-state index in [1.807, 2.05) is 21.9 Å². The smallest absolute Gasteiger partial charge is 0.237 e. The molecule has 24 heavy (non-hydrogen) atoms. The first-order chi connectivity index (χ1) is 11.6. The van der Waals surface area contributed by atoms with Gasteiger partial charge in [0.15, 0.2) is 0 Å². The average Bonchev–Trinajstić information content (AvgIpc) is 3.25. The van der Waals surface area contributed by atoms with Gasteiger partial charge in [0.1, 0.15) is 11.3 Å². The molecule has 2 aliphatic heterocycles. The number of fused-ring (bicyclic) bond motifs is 1. The molecule has 2 aliphatic rings. The van der Waals surface area contributed by atoms with Gasteiger partial charge in [0.25, 0.3) is 0 Å². The highest BCUT2D eigenvalue weighted by Crippen LogP contribution is 2.30. The van der Waals surface area contributed by atoms with Gasteiger partial charge in [-0.3, -0.25) is 9.69 Å². The maximum Gasteiger partial charge on any atom is 0.237 e. The number of rotatable bonds is 3. The van der Waals surface area contributed by atoms with E-state index in [4.69, 9.17) is 0 Å². The summed E-state index contributed by atoms with van der Waals surface area (Å²) in [5.74, 6) is 0.119. The number of aromatic nitrogens is 3. The predicted octanol–water partition coefficient (Wildman–Crippen LogP) is 0.283. The fourth-order valence-electron chi connectivity index (χ4n) is 3.64. The Labute approximate surface area is 140 Å². The first-order valence-corrected chi connectivity index (χ1v) is 8.30. The van der Waals surface area contributed by atoms with Gasteiger partial charge in [0, 0.05) is 26.2 Å². The normalized spacial score (nSPS) is 24.1. The molecule has 1 aromatic carbocycles. The summed E-state index contributed by atoms with van der Waals surface area (Å²) in [5.41, 5.74) is 2.10. The van der Waals surface area contributed by atoms with Crippen LogP contribution in [0.25, 0.3) is 0 Å². The van der Waals surface area contributed by atoms with Gasteiger partial charge in [-0.25, -0.2) is 0 Å². The number of nitrogens with zero attached hydrogens (tertiary/aromatic N) is 4. The van der Waals surface area contributed by atoms with Crippen molar-refractivity contribution in [3.8, 4) is 0 Å². The number of β-amino-alcohol motifs (C(OH)–C–C–N with tert-alkyl or cyclic N) is 1. The Bertz CT molecular complexity index is 732. The first kappa shape index (κ1) is 15.3. The Hall–Kier alpha value is -2.25. The topological polar surface area (TPSA) is 85.3 Å². The van der Waals surface area contributed by atoms with Gasteiger partial charge in [-0.2, -0.15) is 15.4 Å². The summed E-state index contributed by atoms with van der Waals surface area (Å²) in [6, 6.07) is 8.29. The third-order valence-corrected chi connectivity index (χ3v) is 5.06. The Kier molecular flexibility index (Phi) is 3.82. The molecule has 126 valence electrons. The lowest BCUT2D eigenvalue weighted by atomic mass is 10.00. The SMILES string of the molecule is O=C(CN1CC[C@@](O)(c2cn[nH]n2)C1)N1CCc2ccccc2C1. The lowest BCUT2D eigenvalue weighted by Gasteiger charge is -2.30. The molecule has 0 spiro atoms. The summed E-state index contributed by atoms with van der Waals surface area (Å²) in [4.78, 5) is 16.5. The molecule has 3 heterocycles. The molecule has 1 saturated heterocycles. The van der Waals surface area contributed by atoms with Crippen LogP contribution < -0.4 is 0 Å². The summed E-state index contributed by atoms with van der Waals surface area (Å²) in [5, 5.41) is 21.0. The molecule has 2 N–H and O–H groups in total. The molecule has 1 amide bonds. The van der Waals surface area contributed by atoms with Crippen molar-refractivity contribution in [1.82, 2.24) is 25.2 Å². The number of nitrogens with one attached hydrogen (secondary N) is 1. The molecule has 0 aliphatic carbocycles. The number of aliphatic hydroxyl groups is 1. The molecule has 4 rings (SSSR count). The minimum atomic E-state index is -1.01. The van der Waals surface area contributed by atoms with Crippen molar-refractivity contribution in [3.05, 3.63) is 47.3 Å². The minimum absolute atomic E-state index is 0.119. The molecule has 1 aromatic heterocycles. The summed E-state index contributed by atoms with van der Waals surface area (Å²) in [6.07, 6.45) is 3.02. The van der Waals surface area contributed by atoms with Gasteiger partial charge in [-0.1, -0.05) is 24.3 Å². The summed E-state index contributed by atoms with van der Waals surface area (Å²) in [7, 11) is 0. The zero-order chi connectivity index (χ0) is 16.6. The van der Waals surface area contributed by atoms with Gasteiger partial charge in [-0.15, -0.1) is 0 Å². The van der Waals surface area contributed by atoms with E-state index in [0.717, 1.165) is 13.0 Å². The van der Waals surface area contributed by atoms with E-state index in [2.05, 4.69) is 27.5 Å².